The van der Waals surface area contributed by atoms with Gasteiger partial charge in [-0.3, -0.25) is 24.0 Å². The highest BCUT2D eigenvalue weighted by atomic mass is 32.1. The Morgan fingerprint density at radius 2 is 1.58 bits per heavy atom. The summed E-state index contributed by atoms with van der Waals surface area (Å²) in [5.41, 5.74) is 10.5. The van der Waals surface area contributed by atoms with Gasteiger partial charge in [-0.15, -0.1) is 0 Å². The Balaban J connectivity index is 5.04. The molecule has 4 amide bonds. The van der Waals surface area contributed by atoms with Crippen LogP contribution in [0.2, 0.25) is 0 Å². The van der Waals surface area contributed by atoms with Crippen LogP contribution in [0.3, 0.4) is 0 Å². The van der Waals surface area contributed by atoms with Crippen molar-refractivity contribution in [3.05, 3.63) is 0 Å². The number of carbonyl (C=O) groups excluding carboxylic acids is 4. The maximum absolute atomic E-state index is 12.3. The predicted octanol–water partition coefficient (Wildman–Crippen LogP) is -4.33. The highest BCUT2D eigenvalue weighted by Crippen LogP contribution is 1.98. The van der Waals surface area contributed by atoms with Crippen LogP contribution in [0, 0.1) is 0 Å². The van der Waals surface area contributed by atoms with Crippen LogP contribution in [0.15, 0.2) is 0 Å². The van der Waals surface area contributed by atoms with E-state index in [2.05, 4.69) is 28.6 Å². The van der Waals surface area contributed by atoms with Gasteiger partial charge in [0.2, 0.25) is 23.6 Å². The summed E-state index contributed by atoms with van der Waals surface area (Å²) in [6.45, 7) is 0.598. The molecule has 148 valence electrons. The third-order valence-corrected chi connectivity index (χ3v) is 3.46. The van der Waals surface area contributed by atoms with Crippen molar-refractivity contribution in [2.24, 2.45) is 11.5 Å². The monoisotopic (exact) mass is 393 g/mol. The van der Waals surface area contributed by atoms with Crippen LogP contribution in [0.5, 0.6) is 0 Å². The molecule has 0 saturated heterocycles. The summed E-state index contributed by atoms with van der Waals surface area (Å²) in [6, 6.07) is -4.01. The molecular weight excluding hydrogens is 370 g/mol. The standard InChI is InChI=1S/C13H23N5O7S/c1-5(19)10(15)13(25)17-6(2-8(14)20)12(24)18-7(4-26)11(23)16-3-9(21)22/h5-7,10,19,26H,2-4,15H2,1H3,(H2,14,20)(H,16,23)(H,17,25)(H,18,24)(H,21,22). The number of hydrogen-bond acceptors (Lipinski definition) is 8. The lowest BCUT2D eigenvalue weighted by Gasteiger charge is -2.23. The minimum atomic E-state index is -1.44. The van der Waals surface area contributed by atoms with Crippen LogP contribution in [0.25, 0.3) is 0 Å². The van der Waals surface area contributed by atoms with Gasteiger partial charge in [0.15, 0.2) is 0 Å². The molecule has 0 aromatic rings. The first-order chi connectivity index (χ1) is 12.0. The van der Waals surface area contributed by atoms with Crippen molar-refractivity contribution in [2.45, 2.75) is 37.6 Å². The van der Waals surface area contributed by atoms with Crippen molar-refractivity contribution in [1.29, 1.82) is 0 Å². The van der Waals surface area contributed by atoms with Gasteiger partial charge in [-0.25, -0.2) is 0 Å². The van der Waals surface area contributed by atoms with E-state index in [-0.39, 0.29) is 5.75 Å². The number of carbonyl (C=O) groups is 5. The molecule has 13 heteroatoms. The van der Waals surface area contributed by atoms with Crippen LogP contribution in [0.1, 0.15) is 13.3 Å². The molecule has 0 aliphatic heterocycles. The fraction of sp³-hybridized carbons (Fsp3) is 0.615. The van der Waals surface area contributed by atoms with E-state index in [4.69, 9.17) is 16.6 Å². The van der Waals surface area contributed by atoms with Crippen molar-refractivity contribution in [1.82, 2.24) is 16.0 Å². The Bertz CT molecular complexity index is 557. The number of nitrogens with one attached hydrogen (secondary N) is 3. The zero-order chi connectivity index (χ0) is 20.4. The molecule has 26 heavy (non-hydrogen) atoms. The SMILES string of the molecule is CC(O)C(N)C(=O)NC(CC(N)=O)C(=O)NC(CS)C(=O)NCC(=O)O. The second kappa shape index (κ2) is 11.3. The topological polar surface area (TPSA) is 214 Å². The molecule has 9 N–H and O–H groups in total. The molecule has 0 rings (SSSR count). The van der Waals surface area contributed by atoms with E-state index in [1.54, 1.807) is 0 Å². The number of carboxylic acid groups (broad SMARTS) is 1. The molecule has 0 aliphatic carbocycles. The molecule has 0 saturated carbocycles. The lowest BCUT2D eigenvalue weighted by Crippen LogP contribution is -2.58. The summed E-state index contributed by atoms with van der Waals surface area (Å²) < 4.78 is 0. The number of aliphatic carboxylic acids is 1. The minimum Gasteiger partial charge on any atom is -0.480 e. The molecular formula is C13H23N5O7S. The van der Waals surface area contributed by atoms with E-state index in [9.17, 15) is 29.1 Å². The van der Waals surface area contributed by atoms with Gasteiger partial charge in [0.25, 0.3) is 0 Å². The van der Waals surface area contributed by atoms with Gasteiger partial charge in [0.1, 0.15) is 24.7 Å². The Hall–Kier alpha value is -2.38. The van der Waals surface area contributed by atoms with Gasteiger partial charge in [-0.1, -0.05) is 0 Å². The van der Waals surface area contributed by atoms with Crippen LogP contribution in [0.4, 0.5) is 0 Å². The molecule has 0 heterocycles. The lowest BCUT2D eigenvalue weighted by molar-refractivity contribution is -0.138. The molecule has 4 atom stereocenters. The van der Waals surface area contributed by atoms with E-state index >= 15 is 0 Å². The second-order valence-corrected chi connectivity index (χ2v) is 5.72. The molecule has 0 aromatic heterocycles. The lowest BCUT2D eigenvalue weighted by atomic mass is 10.1. The normalized spacial score (nSPS) is 15.1. The summed E-state index contributed by atoms with van der Waals surface area (Å²) >= 11 is 3.89. The maximum Gasteiger partial charge on any atom is 0.322 e. The fourth-order valence-electron chi connectivity index (χ4n) is 1.65. The third kappa shape index (κ3) is 8.64. The average Bonchev–Trinajstić information content (AvgIpc) is 2.55. The Labute approximate surface area is 154 Å². The van der Waals surface area contributed by atoms with Crippen LogP contribution < -0.4 is 27.4 Å². The molecule has 0 bridgehead atoms. The second-order valence-electron chi connectivity index (χ2n) is 5.35. The highest BCUT2D eigenvalue weighted by Gasteiger charge is 2.29. The van der Waals surface area contributed by atoms with Crippen molar-refractivity contribution >= 4 is 42.2 Å². The summed E-state index contributed by atoms with van der Waals surface area (Å²) in [5, 5.41) is 24.3. The highest BCUT2D eigenvalue weighted by molar-refractivity contribution is 7.80. The number of rotatable bonds is 11. The Morgan fingerprint density at radius 3 is 2.00 bits per heavy atom. The van der Waals surface area contributed by atoms with Gasteiger partial charge in [0, 0.05) is 5.75 Å². The molecule has 12 nitrogen and oxygen atoms in total. The quantitative estimate of drug-likeness (QED) is 0.160. The van der Waals surface area contributed by atoms with Gasteiger partial charge in [0.05, 0.1) is 12.5 Å². The molecule has 0 fully saturated rings. The summed E-state index contributed by atoms with van der Waals surface area (Å²) in [4.78, 5) is 57.5. The number of thiol groups is 1. The number of primary amides is 1. The molecule has 0 radical (unpaired) electrons. The van der Waals surface area contributed by atoms with E-state index in [1.807, 2.05) is 0 Å². The first-order valence-electron chi connectivity index (χ1n) is 7.42. The third-order valence-electron chi connectivity index (χ3n) is 3.09. The van der Waals surface area contributed by atoms with Gasteiger partial charge >= 0.3 is 5.97 Å². The van der Waals surface area contributed by atoms with Gasteiger partial charge in [-0.2, -0.15) is 12.6 Å². The predicted molar refractivity (Wildman–Crippen MR) is 91.8 cm³/mol. The molecule has 4 unspecified atom stereocenters. The van der Waals surface area contributed by atoms with Crippen LogP contribution in [-0.4, -0.2) is 76.3 Å². The Kier molecular flexibility index (Phi) is 10.2. The summed E-state index contributed by atoms with van der Waals surface area (Å²) in [7, 11) is 0. The smallest absolute Gasteiger partial charge is 0.322 e. The molecule has 0 aliphatic rings. The number of amides is 4. The number of aliphatic hydroxyl groups is 1. The first-order valence-corrected chi connectivity index (χ1v) is 8.05. The average molecular weight is 393 g/mol. The number of aliphatic hydroxyl groups excluding tert-OH is 1. The van der Waals surface area contributed by atoms with Gasteiger partial charge < -0.3 is 37.6 Å². The summed E-state index contributed by atoms with van der Waals surface area (Å²) in [5.74, 6) is -5.02. The van der Waals surface area contributed by atoms with Crippen molar-refractivity contribution < 1.29 is 34.2 Å². The van der Waals surface area contributed by atoms with E-state index in [0.717, 1.165) is 0 Å². The Morgan fingerprint density at radius 1 is 1.04 bits per heavy atom. The van der Waals surface area contributed by atoms with Crippen molar-refractivity contribution in [3.8, 4) is 0 Å². The largest absolute Gasteiger partial charge is 0.480 e. The minimum absolute atomic E-state index is 0.179. The maximum atomic E-state index is 12.3. The zero-order valence-corrected chi connectivity index (χ0v) is 14.9. The van der Waals surface area contributed by atoms with Crippen LogP contribution in [-0.2, 0) is 24.0 Å². The van der Waals surface area contributed by atoms with Crippen molar-refractivity contribution in [2.75, 3.05) is 12.3 Å². The van der Waals surface area contributed by atoms with Gasteiger partial charge in [-0.05, 0) is 6.92 Å². The van der Waals surface area contributed by atoms with E-state index in [1.165, 1.54) is 6.92 Å². The van der Waals surface area contributed by atoms with E-state index < -0.39 is 66.8 Å². The zero-order valence-electron chi connectivity index (χ0n) is 14.0. The van der Waals surface area contributed by atoms with E-state index in [0.29, 0.717) is 0 Å². The number of hydrogen-bond donors (Lipinski definition) is 8. The number of carboxylic acids is 1. The molecule has 0 spiro atoms. The van der Waals surface area contributed by atoms with Crippen LogP contribution >= 0.6 is 12.6 Å². The fourth-order valence-corrected chi connectivity index (χ4v) is 1.91. The first kappa shape index (κ1) is 23.6. The number of nitrogens with two attached hydrogens (primary N) is 2. The van der Waals surface area contributed by atoms with Crippen molar-refractivity contribution in [3.63, 3.8) is 0 Å². The molecule has 0 aromatic carbocycles. The summed E-state index contributed by atoms with van der Waals surface area (Å²) in [6.07, 6.45) is -1.79.